The molecule has 1 unspecified atom stereocenters. The largest absolute Gasteiger partial charge is 0.394 e. The molecule has 0 fully saturated rings. The summed E-state index contributed by atoms with van der Waals surface area (Å²) in [7, 11) is 4.06. The van der Waals surface area contributed by atoms with Crippen molar-refractivity contribution in [3.05, 3.63) is 35.4 Å². The van der Waals surface area contributed by atoms with E-state index in [1.807, 2.05) is 33.2 Å². The maximum absolute atomic E-state index is 9.18. The van der Waals surface area contributed by atoms with Crippen LogP contribution < -0.4 is 5.73 Å². The van der Waals surface area contributed by atoms with Gasteiger partial charge in [0, 0.05) is 6.54 Å². The fraction of sp³-hybridized carbons (Fsp3) is 0.500. The molecular formula is C12H20N2O. The Morgan fingerprint density at radius 1 is 1.40 bits per heavy atom. The second kappa shape index (κ2) is 4.75. The van der Waals surface area contributed by atoms with Crippen molar-refractivity contribution in [1.82, 2.24) is 4.90 Å². The number of hydrogen-bond donors (Lipinski definition) is 2. The normalized spacial score (nSPS) is 15.3. The molecule has 0 aliphatic rings. The number of aliphatic hydroxyl groups excluding tert-OH is 1. The van der Waals surface area contributed by atoms with Crippen LogP contribution in [0.5, 0.6) is 0 Å². The fourth-order valence-corrected chi connectivity index (χ4v) is 1.48. The van der Waals surface area contributed by atoms with Gasteiger partial charge in [-0.2, -0.15) is 0 Å². The molecule has 1 atom stereocenters. The SMILES string of the molecule is CN(C)Cc1cccc(C(C)(N)CO)c1. The van der Waals surface area contributed by atoms with Crippen LogP contribution in [0.15, 0.2) is 24.3 Å². The monoisotopic (exact) mass is 208 g/mol. The van der Waals surface area contributed by atoms with Gasteiger partial charge in [0.05, 0.1) is 12.1 Å². The molecule has 3 N–H and O–H groups in total. The van der Waals surface area contributed by atoms with Gasteiger partial charge in [-0.05, 0) is 32.1 Å². The van der Waals surface area contributed by atoms with Crippen molar-refractivity contribution in [2.75, 3.05) is 20.7 Å². The summed E-state index contributed by atoms with van der Waals surface area (Å²) in [6, 6.07) is 8.05. The third-order valence-electron chi connectivity index (χ3n) is 2.41. The van der Waals surface area contributed by atoms with Crippen molar-refractivity contribution in [2.45, 2.75) is 19.0 Å². The summed E-state index contributed by atoms with van der Waals surface area (Å²) in [5.74, 6) is 0. The highest BCUT2D eigenvalue weighted by Gasteiger charge is 2.19. The first-order chi connectivity index (χ1) is 6.95. The Balaban J connectivity index is 2.92. The molecule has 0 bridgehead atoms. The Kier molecular flexibility index (Phi) is 3.85. The minimum absolute atomic E-state index is 0.0432. The molecule has 15 heavy (non-hydrogen) atoms. The lowest BCUT2D eigenvalue weighted by molar-refractivity contribution is 0.210. The smallest absolute Gasteiger partial charge is 0.0650 e. The van der Waals surface area contributed by atoms with Crippen LogP contribution in [0.4, 0.5) is 0 Å². The molecule has 1 aromatic carbocycles. The minimum atomic E-state index is -0.650. The highest BCUT2D eigenvalue weighted by Crippen LogP contribution is 2.18. The average molecular weight is 208 g/mol. The van der Waals surface area contributed by atoms with Gasteiger partial charge in [-0.3, -0.25) is 0 Å². The summed E-state index contributed by atoms with van der Waals surface area (Å²) in [4.78, 5) is 2.10. The standard InChI is InChI=1S/C12H20N2O/c1-12(13,9-15)11-6-4-5-10(7-11)8-14(2)3/h4-7,15H,8-9,13H2,1-3H3. The molecule has 0 aliphatic heterocycles. The van der Waals surface area contributed by atoms with Crippen LogP contribution in [0.3, 0.4) is 0 Å². The Labute approximate surface area is 91.5 Å². The third-order valence-corrected chi connectivity index (χ3v) is 2.41. The van der Waals surface area contributed by atoms with Gasteiger partial charge in [-0.1, -0.05) is 24.3 Å². The maximum atomic E-state index is 9.18. The van der Waals surface area contributed by atoms with E-state index in [-0.39, 0.29) is 6.61 Å². The van der Waals surface area contributed by atoms with Crippen LogP contribution in [0.2, 0.25) is 0 Å². The van der Waals surface area contributed by atoms with Crippen molar-refractivity contribution >= 4 is 0 Å². The van der Waals surface area contributed by atoms with Crippen molar-refractivity contribution in [3.8, 4) is 0 Å². The quantitative estimate of drug-likeness (QED) is 0.773. The third kappa shape index (κ3) is 3.30. The highest BCUT2D eigenvalue weighted by molar-refractivity contribution is 5.28. The zero-order valence-corrected chi connectivity index (χ0v) is 9.70. The van der Waals surface area contributed by atoms with Crippen LogP contribution in [0.25, 0.3) is 0 Å². The lowest BCUT2D eigenvalue weighted by Gasteiger charge is -2.23. The maximum Gasteiger partial charge on any atom is 0.0650 e. The van der Waals surface area contributed by atoms with Gasteiger partial charge in [0.25, 0.3) is 0 Å². The number of nitrogens with two attached hydrogens (primary N) is 1. The first-order valence-corrected chi connectivity index (χ1v) is 5.09. The lowest BCUT2D eigenvalue weighted by Crippen LogP contribution is -2.37. The van der Waals surface area contributed by atoms with E-state index in [0.29, 0.717) is 0 Å². The number of rotatable bonds is 4. The van der Waals surface area contributed by atoms with Crippen LogP contribution in [-0.4, -0.2) is 30.7 Å². The van der Waals surface area contributed by atoms with Crippen molar-refractivity contribution in [1.29, 1.82) is 0 Å². The number of benzene rings is 1. The predicted octanol–water partition coefficient (Wildman–Crippen LogP) is 0.914. The Morgan fingerprint density at radius 3 is 2.60 bits per heavy atom. The van der Waals surface area contributed by atoms with Gasteiger partial charge >= 0.3 is 0 Å². The molecule has 0 spiro atoms. The van der Waals surface area contributed by atoms with Crippen molar-refractivity contribution < 1.29 is 5.11 Å². The minimum Gasteiger partial charge on any atom is -0.394 e. The van der Waals surface area contributed by atoms with E-state index in [2.05, 4.69) is 17.0 Å². The molecule has 0 saturated carbocycles. The number of hydrogen-bond acceptors (Lipinski definition) is 3. The van der Waals surface area contributed by atoms with Gasteiger partial charge in [-0.25, -0.2) is 0 Å². The molecule has 1 rings (SSSR count). The zero-order chi connectivity index (χ0) is 11.5. The summed E-state index contributed by atoms with van der Waals surface area (Å²) in [5, 5.41) is 9.18. The summed E-state index contributed by atoms with van der Waals surface area (Å²) in [5.41, 5.74) is 7.51. The van der Waals surface area contributed by atoms with E-state index in [1.54, 1.807) is 0 Å². The summed E-state index contributed by atoms with van der Waals surface area (Å²) in [6.45, 7) is 2.68. The van der Waals surface area contributed by atoms with E-state index in [4.69, 9.17) is 5.73 Å². The van der Waals surface area contributed by atoms with Crippen LogP contribution in [0.1, 0.15) is 18.1 Å². The molecule has 1 aromatic rings. The van der Waals surface area contributed by atoms with E-state index >= 15 is 0 Å². The Bertz CT molecular complexity index is 321. The molecule has 0 amide bonds. The summed E-state index contributed by atoms with van der Waals surface area (Å²) in [6.07, 6.45) is 0. The van der Waals surface area contributed by atoms with Gasteiger partial charge in [0.2, 0.25) is 0 Å². The molecule has 0 aliphatic carbocycles. The molecule has 3 heteroatoms. The van der Waals surface area contributed by atoms with Gasteiger partial charge in [0.15, 0.2) is 0 Å². The van der Waals surface area contributed by atoms with Gasteiger partial charge < -0.3 is 15.7 Å². The number of nitrogens with zero attached hydrogens (tertiary/aromatic N) is 1. The Morgan fingerprint density at radius 2 is 2.07 bits per heavy atom. The van der Waals surface area contributed by atoms with Crippen molar-refractivity contribution in [2.24, 2.45) is 5.73 Å². The second-order valence-corrected chi connectivity index (χ2v) is 4.51. The van der Waals surface area contributed by atoms with Crippen molar-refractivity contribution in [3.63, 3.8) is 0 Å². The highest BCUT2D eigenvalue weighted by atomic mass is 16.3. The topological polar surface area (TPSA) is 49.5 Å². The molecule has 0 heterocycles. The zero-order valence-electron chi connectivity index (χ0n) is 9.70. The molecule has 84 valence electrons. The van der Waals surface area contributed by atoms with E-state index in [0.717, 1.165) is 12.1 Å². The van der Waals surface area contributed by atoms with Crippen LogP contribution >= 0.6 is 0 Å². The molecule has 0 aromatic heterocycles. The van der Waals surface area contributed by atoms with E-state index < -0.39 is 5.54 Å². The lowest BCUT2D eigenvalue weighted by atomic mass is 9.93. The second-order valence-electron chi connectivity index (χ2n) is 4.51. The molecule has 0 saturated heterocycles. The van der Waals surface area contributed by atoms with E-state index in [1.165, 1.54) is 5.56 Å². The summed E-state index contributed by atoms with van der Waals surface area (Å²) < 4.78 is 0. The van der Waals surface area contributed by atoms with Gasteiger partial charge in [0.1, 0.15) is 0 Å². The Hall–Kier alpha value is -0.900. The molecular weight excluding hydrogens is 188 g/mol. The van der Waals surface area contributed by atoms with E-state index in [9.17, 15) is 5.11 Å². The first-order valence-electron chi connectivity index (χ1n) is 5.09. The molecule has 3 nitrogen and oxygen atoms in total. The number of aliphatic hydroxyl groups is 1. The molecule has 0 radical (unpaired) electrons. The van der Waals surface area contributed by atoms with Crippen LogP contribution in [-0.2, 0) is 12.1 Å². The summed E-state index contributed by atoms with van der Waals surface area (Å²) >= 11 is 0. The van der Waals surface area contributed by atoms with Gasteiger partial charge in [-0.15, -0.1) is 0 Å². The fourth-order valence-electron chi connectivity index (χ4n) is 1.48. The predicted molar refractivity (Wildman–Crippen MR) is 62.5 cm³/mol. The average Bonchev–Trinajstić information content (AvgIpc) is 2.17. The van der Waals surface area contributed by atoms with Crippen LogP contribution in [0, 0.1) is 0 Å². The first kappa shape index (κ1) is 12.2.